The molecular formula is C18H17N3OS. The number of para-hydroxylation sites is 2. The fraction of sp³-hybridized carbons (Fsp3) is 0.222. The van der Waals surface area contributed by atoms with Crippen LogP contribution in [0.15, 0.2) is 53.4 Å². The van der Waals surface area contributed by atoms with Gasteiger partial charge in [0.2, 0.25) is 5.91 Å². The number of fused-ring (bicyclic) bond motifs is 2. The third-order valence-corrected chi connectivity index (χ3v) is 5.56. The maximum atomic E-state index is 12.4. The topological polar surface area (TPSA) is 46.9 Å². The Bertz CT molecular complexity index is 862. The number of rotatable bonds is 3. The first-order valence-corrected chi connectivity index (χ1v) is 8.53. The van der Waals surface area contributed by atoms with Crippen molar-refractivity contribution in [1.29, 1.82) is 0 Å². The van der Waals surface area contributed by atoms with E-state index in [0.29, 0.717) is 6.54 Å². The van der Waals surface area contributed by atoms with E-state index in [1.807, 2.05) is 48.0 Å². The summed E-state index contributed by atoms with van der Waals surface area (Å²) >= 11 is 1.65. The molecule has 1 aliphatic heterocycles. The highest BCUT2D eigenvalue weighted by molar-refractivity contribution is 8.01. The van der Waals surface area contributed by atoms with E-state index >= 15 is 0 Å². The molecule has 4 nitrogen and oxygen atoms in total. The van der Waals surface area contributed by atoms with Crippen molar-refractivity contribution in [3.05, 3.63) is 59.9 Å². The lowest BCUT2D eigenvalue weighted by atomic mass is 10.1. The van der Waals surface area contributed by atoms with E-state index in [4.69, 9.17) is 0 Å². The van der Waals surface area contributed by atoms with Gasteiger partial charge in [-0.1, -0.05) is 30.3 Å². The van der Waals surface area contributed by atoms with Crippen molar-refractivity contribution in [2.45, 2.75) is 23.1 Å². The van der Waals surface area contributed by atoms with Crippen LogP contribution in [-0.2, 0) is 24.8 Å². The Labute approximate surface area is 138 Å². The average molecular weight is 323 g/mol. The van der Waals surface area contributed by atoms with Crippen molar-refractivity contribution in [2.75, 3.05) is 0 Å². The Morgan fingerprint density at radius 1 is 1.26 bits per heavy atom. The van der Waals surface area contributed by atoms with E-state index < -0.39 is 0 Å². The molecule has 2 heterocycles. The van der Waals surface area contributed by atoms with Gasteiger partial charge in [-0.05, 0) is 30.2 Å². The maximum absolute atomic E-state index is 12.4. The van der Waals surface area contributed by atoms with Crippen molar-refractivity contribution >= 4 is 28.7 Å². The van der Waals surface area contributed by atoms with Crippen LogP contribution in [0.3, 0.4) is 0 Å². The van der Waals surface area contributed by atoms with E-state index in [1.54, 1.807) is 11.8 Å². The Morgan fingerprint density at radius 2 is 2.04 bits per heavy atom. The Morgan fingerprint density at radius 3 is 2.87 bits per heavy atom. The number of aryl methyl sites for hydroxylation is 1. The number of hydrogen-bond donors (Lipinski definition) is 1. The molecule has 0 saturated carbocycles. The number of benzene rings is 2. The van der Waals surface area contributed by atoms with Gasteiger partial charge in [-0.2, -0.15) is 0 Å². The van der Waals surface area contributed by atoms with E-state index in [-0.39, 0.29) is 11.2 Å². The van der Waals surface area contributed by atoms with Gasteiger partial charge in [0.1, 0.15) is 5.82 Å². The molecule has 5 heteroatoms. The van der Waals surface area contributed by atoms with E-state index in [0.717, 1.165) is 23.3 Å². The molecule has 2 aromatic carbocycles. The quantitative estimate of drug-likeness (QED) is 0.806. The molecule has 4 rings (SSSR count). The zero-order chi connectivity index (χ0) is 15.8. The summed E-state index contributed by atoms with van der Waals surface area (Å²) in [5, 5.41) is 2.99. The maximum Gasteiger partial charge on any atom is 0.234 e. The second-order valence-electron chi connectivity index (χ2n) is 5.71. The van der Waals surface area contributed by atoms with Crippen LogP contribution < -0.4 is 5.32 Å². The summed E-state index contributed by atoms with van der Waals surface area (Å²) in [5.74, 6) is 0.957. The highest BCUT2D eigenvalue weighted by Gasteiger charge is 2.27. The summed E-state index contributed by atoms with van der Waals surface area (Å²) in [6.45, 7) is 0.456. The lowest BCUT2D eigenvalue weighted by Gasteiger charge is -2.10. The predicted octanol–water partition coefficient (Wildman–Crippen LogP) is 2.91. The largest absolute Gasteiger partial charge is 0.348 e. The molecule has 0 saturated heterocycles. The monoisotopic (exact) mass is 323 g/mol. The molecule has 0 aliphatic carbocycles. The number of nitrogens with one attached hydrogen (secondary N) is 1. The van der Waals surface area contributed by atoms with Crippen LogP contribution in [0.1, 0.15) is 11.4 Å². The number of aromatic nitrogens is 2. The number of thioether (sulfide) groups is 1. The van der Waals surface area contributed by atoms with E-state index in [9.17, 15) is 4.79 Å². The molecule has 1 amide bonds. The molecule has 1 N–H and O–H groups in total. The number of nitrogens with zero attached hydrogens (tertiary/aromatic N) is 2. The van der Waals surface area contributed by atoms with E-state index in [2.05, 4.69) is 22.4 Å². The van der Waals surface area contributed by atoms with E-state index in [1.165, 1.54) is 10.5 Å². The first kappa shape index (κ1) is 14.3. The second kappa shape index (κ2) is 5.74. The van der Waals surface area contributed by atoms with Crippen molar-refractivity contribution in [2.24, 2.45) is 7.05 Å². The molecule has 0 fully saturated rings. The van der Waals surface area contributed by atoms with Crippen LogP contribution >= 0.6 is 11.8 Å². The van der Waals surface area contributed by atoms with Gasteiger partial charge in [-0.25, -0.2) is 4.98 Å². The molecule has 0 radical (unpaired) electrons. The molecule has 0 spiro atoms. The van der Waals surface area contributed by atoms with Crippen LogP contribution in [0.2, 0.25) is 0 Å². The molecule has 0 bridgehead atoms. The summed E-state index contributed by atoms with van der Waals surface area (Å²) in [4.78, 5) is 18.3. The molecule has 116 valence electrons. The van der Waals surface area contributed by atoms with Gasteiger partial charge in [0.25, 0.3) is 0 Å². The summed E-state index contributed by atoms with van der Waals surface area (Å²) < 4.78 is 2.03. The third kappa shape index (κ3) is 2.61. The van der Waals surface area contributed by atoms with Gasteiger partial charge in [0.15, 0.2) is 0 Å². The van der Waals surface area contributed by atoms with Crippen LogP contribution in [-0.4, -0.2) is 20.7 Å². The molecule has 23 heavy (non-hydrogen) atoms. The Balaban J connectivity index is 1.45. The molecule has 1 aromatic heterocycles. The summed E-state index contributed by atoms with van der Waals surface area (Å²) in [6.07, 6.45) is 0.801. The Kier molecular flexibility index (Phi) is 3.58. The van der Waals surface area contributed by atoms with Crippen molar-refractivity contribution in [3.63, 3.8) is 0 Å². The zero-order valence-corrected chi connectivity index (χ0v) is 13.6. The number of imidazole rings is 1. The normalized spacial score (nSPS) is 16.5. The first-order chi connectivity index (χ1) is 11.2. The molecule has 3 aromatic rings. The van der Waals surface area contributed by atoms with Gasteiger partial charge in [0.05, 0.1) is 22.8 Å². The summed E-state index contributed by atoms with van der Waals surface area (Å²) in [7, 11) is 1.98. The first-order valence-electron chi connectivity index (χ1n) is 7.65. The summed E-state index contributed by atoms with van der Waals surface area (Å²) in [5.41, 5.74) is 3.31. The van der Waals surface area contributed by atoms with Gasteiger partial charge < -0.3 is 9.88 Å². The van der Waals surface area contributed by atoms with Crippen molar-refractivity contribution in [1.82, 2.24) is 14.9 Å². The molecule has 1 atom stereocenters. The number of hydrogen-bond acceptors (Lipinski definition) is 3. The van der Waals surface area contributed by atoms with Gasteiger partial charge in [-0.15, -0.1) is 11.8 Å². The van der Waals surface area contributed by atoms with Gasteiger partial charge >= 0.3 is 0 Å². The highest BCUT2D eigenvalue weighted by Crippen LogP contribution is 2.36. The minimum absolute atomic E-state index is 0.0397. The lowest BCUT2D eigenvalue weighted by molar-refractivity contribution is -0.120. The number of carbonyl (C=O) groups is 1. The second-order valence-corrected chi connectivity index (χ2v) is 6.96. The zero-order valence-electron chi connectivity index (χ0n) is 12.8. The minimum Gasteiger partial charge on any atom is -0.348 e. The molecule has 0 unspecified atom stereocenters. The highest BCUT2D eigenvalue weighted by atomic mass is 32.2. The fourth-order valence-electron chi connectivity index (χ4n) is 2.96. The average Bonchev–Trinajstić information content (AvgIpc) is 3.15. The number of amides is 1. The predicted molar refractivity (Wildman–Crippen MR) is 92.4 cm³/mol. The molecular weight excluding hydrogens is 306 g/mol. The van der Waals surface area contributed by atoms with Crippen molar-refractivity contribution < 1.29 is 4.79 Å². The minimum atomic E-state index is -0.0397. The van der Waals surface area contributed by atoms with Crippen molar-refractivity contribution in [3.8, 4) is 0 Å². The summed E-state index contributed by atoms with van der Waals surface area (Å²) in [6, 6.07) is 16.2. The van der Waals surface area contributed by atoms with Crippen LogP contribution in [0.25, 0.3) is 11.0 Å². The lowest BCUT2D eigenvalue weighted by Crippen LogP contribution is -2.32. The van der Waals surface area contributed by atoms with Gasteiger partial charge in [-0.3, -0.25) is 4.79 Å². The van der Waals surface area contributed by atoms with Crippen LogP contribution in [0.5, 0.6) is 0 Å². The fourth-order valence-corrected chi connectivity index (χ4v) is 4.18. The van der Waals surface area contributed by atoms with Gasteiger partial charge in [0, 0.05) is 11.9 Å². The Hall–Kier alpha value is -2.27. The molecule has 1 aliphatic rings. The number of carbonyl (C=O) groups excluding carboxylic acids is 1. The smallest absolute Gasteiger partial charge is 0.234 e. The standard InChI is InChI=1S/C18H17N3OS/c1-21-14-8-4-3-7-13(14)20-17(21)11-19-18(22)16-10-12-6-2-5-9-15(12)23-16/h2-9,16H,10-11H2,1H3,(H,19,22)/t16-/m0/s1. The van der Waals surface area contributed by atoms with Crippen LogP contribution in [0.4, 0.5) is 0 Å². The third-order valence-electron chi connectivity index (χ3n) is 4.24. The SMILES string of the molecule is Cn1c(CNC(=O)[C@@H]2Cc3ccccc3S2)nc2ccccc21. The van der Waals surface area contributed by atoms with Crippen LogP contribution in [0, 0.1) is 0 Å².